The second-order valence-corrected chi connectivity index (χ2v) is 4.13. The monoisotopic (exact) mass is 280 g/mol. The van der Waals surface area contributed by atoms with E-state index in [0.717, 1.165) is 5.69 Å². The van der Waals surface area contributed by atoms with Crippen LogP contribution in [0.5, 0.6) is 5.75 Å². The number of aliphatic hydroxyl groups excluding tert-OH is 1. The average Bonchev–Trinajstić information content (AvgIpc) is 2.49. The first-order chi connectivity index (χ1) is 9.71. The van der Waals surface area contributed by atoms with Crippen molar-refractivity contribution >= 4 is 5.69 Å². The summed E-state index contributed by atoms with van der Waals surface area (Å²) in [4.78, 5) is 0. The molecule has 1 unspecified atom stereocenters. The van der Waals surface area contributed by atoms with Crippen LogP contribution in [0.2, 0.25) is 0 Å². The van der Waals surface area contributed by atoms with E-state index in [1.165, 1.54) is 7.11 Å². The summed E-state index contributed by atoms with van der Waals surface area (Å²) in [6.45, 7) is 1.52. The third-order valence-electron chi connectivity index (χ3n) is 2.60. The summed E-state index contributed by atoms with van der Waals surface area (Å²) in [5, 5.41) is 21.6. The molecule has 0 heterocycles. The Hall–Kier alpha value is -1.81. The second kappa shape index (κ2) is 9.15. The van der Waals surface area contributed by atoms with Gasteiger partial charge in [0.2, 0.25) is 0 Å². The highest BCUT2D eigenvalue weighted by Crippen LogP contribution is 2.25. The quantitative estimate of drug-likeness (QED) is 0.657. The Labute approximate surface area is 118 Å². The lowest BCUT2D eigenvalue weighted by Crippen LogP contribution is -2.25. The Morgan fingerprint density at radius 2 is 2.15 bits per heavy atom. The van der Waals surface area contributed by atoms with Crippen LogP contribution in [-0.4, -0.2) is 51.8 Å². The van der Waals surface area contributed by atoms with Gasteiger partial charge in [0.25, 0.3) is 0 Å². The topological polar surface area (TPSA) is 83.7 Å². The predicted octanol–water partition coefficient (Wildman–Crippen LogP) is 1.00. The number of nitrogens with zero attached hydrogens (tertiary/aromatic N) is 1. The van der Waals surface area contributed by atoms with Gasteiger partial charge in [-0.1, -0.05) is 0 Å². The lowest BCUT2D eigenvalue weighted by Gasteiger charge is -2.15. The van der Waals surface area contributed by atoms with Gasteiger partial charge in [0, 0.05) is 19.7 Å². The molecule has 0 aliphatic rings. The minimum Gasteiger partial charge on any atom is -0.495 e. The van der Waals surface area contributed by atoms with Crippen molar-refractivity contribution in [2.45, 2.75) is 6.10 Å². The lowest BCUT2D eigenvalue weighted by atomic mass is 10.2. The molecule has 1 rings (SSSR count). The van der Waals surface area contributed by atoms with Crippen LogP contribution < -0.4 is 10.1 Å². The molecule has 6 heteroatoms. The number of anilines is 1. The maximum Gasteiger partial charge on any atom is 0.143 e. The van der Waals surface area contributed by atoms with E-state index >= 15 is 0 Å². The Kier molecular flexibility index (Phi) is 7.43. The predicted molar refractivity (Wildman–Crippen MR) is 74.9 cm³/mol. The van der Waals surface area contributed by atoms with E-state index in [4.69, 9.17) is 19.5 Å². The number of rotatable bonds is 9. The maximum atomic E-state index is 9.75. The fourth-order valence-electron chi connectivity index (χ4n) is 1.56. The minimum atomic E-state index is -0.632. The first kappa shape index (κ1) is 16.2. The molecule has 20 heavy (non-hydrogen) atoms. The summed E-state index contributed by atoms with van der Waals surface area (Å²) < 4.78 is 15.3. The van der Waals surface area contributed by atoms with Crippen LogP contribution in [0.4, 0.5) is 5.69 Å². The molecule has 2 N–H and O–H groups in total. The average molecular weight is 280 g/mol. The molecule has 1 aromatic carbocycles. The Balaban J connectivity index is 2.43. The number of aliphatic hydroxyl groups is 1. The van der Waals surface area contributed by atoms with E-state index in [-0.39, 0.29) is 6.61 Å². The summed E-state index contributed by atoms with van der Waals surface area (Å²) in [6, 6.07) is 7.12. The molecule has 0 amide bonds. The van der Waals surface area contributed by atoms with Crippen LogP contribution in [0.15, 0.2) is 18.2 Å². The van der Waals surface area contributed by atoms with Crippen molar-refractivity contribution in [3.63, 3.8) is 0 Å². The van der Waals surface area contributed by atoms with Gasteiger partial charge in [0.05, 0.1) is 50.4 Å². The Morgan fingerprint density at radius 1 is 1.35 bits per heavy atom. The van der Waals surface area contributed by atoms with Gasteiger partial charge >= 0.3 is 0 Å². The van der Waals surface area contributed by atoms with Gasteiger partial charge in [-0.05, 0) is 12.1 Å². The zero-order valence-electron chi connectivity index (χ0n) is 11.8. The summed E-state index contributed by atoms with van der Waals surface area (Å²) in [6.07, 6.45) is -0.632. The van der Waals surface area contributed by atoms with Gasteiger partial charge in [-0.3, -0.25) is 0 Å². The van der Waals surface area contributed by atoms with Gasteiger partial charge in [0.15, 0.2) is 0 Å². The lowest BCUT2D eigenvalue weighted by molar-refractivity contribution is 0.0182. The molecule has 110 valence electrons. The van der Waals surface area contributed by atoms with E-state index in [2.05, 4.69) is 5.32 Å². The summed E-state index contributed by atoms with van der Waals surface area (Å²) in [5.41, 5.74) is 1.25. The Bertz CT molecular complexity index is 445. The molecule has 0 saturated heterocycles. The molecule has 0 radical (unpaired) electrons. The molecular weight excluding hydrogens is 260 g/mol. The zero-order chi connectivity index (χ0) is 14.8. The van der Waals surface area contributed by atoms with E-state index in [9.17, 15) is 5.11 Å². The third kappa shape index (κ3) is 5.45. The van der Waals surface area contributed by atoms with Gasteiger partial charge in [-0.25, -0.2) is 0 Å². The molecule has 0 aliphatic heterocycles. The normalized spacial score (nSPS) is 11.7. The number of nitriles is 1. The number of ether oxygens (including phenoxy) is 3. The standard InChI is InChI=1S/C14H20N2O4/c1-18-5-6-20-10-12(17)9-16-13-4-3-11(8-15)7-14(13)19-2/h3-4,7,12,16-17H,5-6,9-10H2,1-2H3. The van der Waals surface area contributed by atoms with E-state index in [1.807, 2.05) is 6.07 Å². The van der Waals surface area contributed by atoms with Crippen LogP contribution in [0.1, 0.15) is 5.56 Å². The van der Waals surface area contributed by atoms with Crippen molar-refractivity contribution < 1.29 is 19.3 Å². The minimum absolute atomic E-state index is 0.231. The smallest absolute Gasteiger partial charge is 0.143 e. The molecule has 1 aromatic rings. The number of hydrogen-bond donors (Lipinski definition) is 2. The van der Waals surface area contributed by atoms with Crippen molar-refractivity contribution in [1.82, 2.24) is 0 Å². The molecule has 0 spiro atoms. The van der Waals surface area contributed by atoms with Crippen molar-refractivity contribution in [3.8, 4) is 11.8 Å². The molecule has 0 saturated carbocycles. The van der Waals surface area contributed by atoms with E-state index < -0.39 is 6.10 Å². The van der Waals surface area contributed by atoms with Crippen LogP contribution in [0.25, 0.3) is 0 Å². The first-order valence-corrected chi connectivity index (χ1v) is 6.28. The van der Waals surface area contributed by atoms with Crippen LogP contribution in [0.3, 0.4) is 0 Å². The van der Waals surface area contributed by atoms with Crippen molar-refractivity contribution in [2.24, 2.45) is 0 Å². The van der Waals surface area contributed by atoms with E-state index in [1.54, 1.807) is 25.3 Å². The van der Waals surface area contributed by atoms with Crippen LogP contribution in [-0.2, 0) is 9.47 Å². The summed E-state index contributed by atoms with van der Waals surface area (Å²) in [7, 11) is 3.13. The Morgan fingerprint density at radius 3 is 2.80 bits per heavy atom. The second-order valence-electron chi connectivity index (χ2n) is 4.13. The van der Waals surface area contributed by atoms with Crippen molar-refractivity contribution in [1.29, 1.82) is 5.26 Å². The number of hydrogen-bond acceptors (Lipinski definition) is 6. The fraction of sp³-hybridized carbons (Fsp3) is 0.500. The zero-order valence-corrected chi connectivity index (χ0v) is 11.8. The molecule has 1 atom stereocenters. The molecule has 0 fully saturated rings. The molecular formula is C14H20N2O4. The largest absolute Gasteiger partial charge is 0.495 e. The van der Waals surface area contributed by atoms with Gasteiger partial charge in [-0.2, -0.15) is 5.26 Å². The first-order valence-electron chi connectivity index (χ1n) is 6.28. The van der Waals surface area contributed by atoms with Crippen LogP contribution in [0, 0.1) is 11.3 Å². The third-order valence-corrected chi connectivity index (χ3v) is 2.60. The number of methoxy groups -OCH3 is 2. The number of nitrogens with one attached hydrogen (secondary N) is 1. The highest BCUT2D eigenvalue weighted by Gasteiger charge is 2.08. The summed E-state index contributed by atoms with van der Waals surface area (Å²) >= 11 is 0. The van der Waals surface area contributed by atoms with Gasteiger partial charge in [-0.15, -0.1) is 0 Å². The van der Waals surface area contributed by atoms with Crippen molar-refractivity contribution in [2.75, 3.05) is 45.9 Å². The van der Waals surface area contributed by atoms with Crippen molar-refractivity contribution in [3.05, 3.63) is 23.8 Å². The molecule has 0 aliphatic carbocycles. The molecule has 0 aromatic heterocycles. The van der Waals surface area contributed by atoms with Gasteiger partial charge in [0.1, 0.15) is 5.75 Å². The fourth-order valence-corrected chi connectivity index (χ4v) is 1.56. The maximum absolute atomic E-state index is 9.75. The highest BCUT2D eigenvalue weighted by molar-refractivity contribution is 5.59. The highest BCUT2D eigenvalue weighted by atomic mass is 16.5. The molecule has 0 bridgehead atoms. The van der Waals surface area contributed by atoms with E-state index in [0.29, 0.717) is 31.1 Å². The van der Waals surface area contributed by atoms with Gasteiger partial charge < -0.3 is 24.6 Å². The summed E-state index contributed by atoms with van der Waals surface area (Å²) in [5.74, 6) is 0.566. The van der Waals surface area contributed by atoms with Crippen LogP contribution >= 0.6 is 0 Å². The number of benzene rings is 1. The molecule has 6 nitrogen and oxygen atoms in total. The SMILES string of the molecule is COCCOCC(O)CNc1ccc(C#N)cc1OC.